The molecule has 0 bridgehead atoms. The fourth-order valence-electron chi connectivity index (χ4n) is 3.43. The zero-order chi connectivity index (χ0) is 19.6. The summed E-state index contributed by atoms with van der Waals surface area (Å²) >= 11 is 5.79. The molecule has 1 spiro atoms. The first-order chi connectivity index (χ1) is 12.8. The Hall–Kier alpha value is -2.61. The number of urea groups is 1. The topological polar surface area (TPSA) is 98.8 Å². The fraction of sp³-hybridized carbons (Fsp3) is 0.444. The number of carbonyl (C=O) groups is 4. The molecule has 2 N–H and O–H groups in total. The van der Waals surface area contributed by atoms with Crippen LogP contribution in [0.25, 0.3) is 0 Å². The van der Waals surface area contributed by atoms with Crippen LogP contribution in [0.5, 0.6) is 0 Å². The highest BCUT2D eigenvalue weighted by atomic mass is 35.5. The Morgan fingerprint density at radius 1 is 1.22 bits per heavy atom. The molecule has 1 saturated carbocycles. The van der Waals surface area contributed by atoms with E-state index in [0.717, 1.165) is 17.7 Å². The third kappa shape index (κ3) is 4.05. The van der Waals surface area contributed by atoms with Gasteiger partial charge in [0.05, 0.1) is 6.54 Å². The van der Waals surface area contributed by atoms with E-state index >= 15 is 0 Å². The third-order valence-corrected chi connectivity index (χ3v) is 5.18. The minimum absolute atomic E-state index is 0.198. The smallest absolute Gasteiger partial charge is 0.325 e. The van der Waals surface area contributed by atoms with Crippen molar-refractivity contribution >= 4 is 41.0 Å². The molecular formula is C18H21ClN4O4. The molecule has 9 heteroatoms. The minimum atomic E-state index is -0.845. The number of rotatable bonds is 5. The number of amides is 5. The summed E-state index contributed by atoms with van der Waals surface area (Å²) in [4.78, 5) is 51.3. The molecule has 0 atom stereocenters. The molecule has 3 rings (SSSR count). The van der Waals surface area contributed by atoms with Crippen LogP contribution in [0.15, 0.2) is 24.3 Å². The van der Waals surface area contributed by atoms with Crippen LogP contribution >= 0.6 is 11.6 Å². The Bertz CT molecular complexity index is 774. The number of anilines is 1. The summed E-state index contributed by atoms with van der Waals surface area (Å²) in [6, 6.07) is 6.03. The van der Waals surface area contributed by atoms with Crippen molar-refractivity contribution in [3.8, 4) is 0 Å². The molecule has 1 heterocycles. The molecule has 1 aliphatic carbocycles. The van der Waals surface area contributed by atoms with E-state index in [9.17, 15) is 19.2 Å². The summed E-state index contributed by atoms with van der Waals surface area (Å²) in [5.41, 5.74) is -0.287. The average Bonchev–Trinajstić information content (AvgIpc) is 3.18. The molecule has 0 unspecified atom stereocenters. The van der Waals surface area contributed by atoms with Crippen molar-refractivity contribution in [1.29, 1.82) is 0 Å². The number of likely N-dealkylation sites (N-methyl/N-ethyl adjacent to an activating group) is 1. The first-order valence-electron chi connectivity index (χ1n) is 8.74. The molecule has 0 aromatic heterocycles. The second-order valence-electron chi connectivity index (χ2n) is 6.92. The van der Waals surface area contributed by atoms with Crippen LogP contribution in [-0.2, 0) is 14.4 Å². The lowest BCUT2D eigenvalue weighted by molar-refractivity contribution is -0.139. The number of carbonyl (C=O) groups excluding carboxylic acids is 4. The lowest BCUT2D eigenvalue weighted by atomic mass is 9.98. The highest BCUT2D eigenvalue weighted by molar-refractivity contribution is 6.30. The van der Waals surface area contributed by atoms with Crippen LogP contribution < -0.4 is 10.6 Å². The van der Waals surface area contributed by atoms with Crippen LogP contribution in [0.3, 0.4) is 0 Å². The van der Waals surface area contributed by atoms with Crippen LogP contribution in [-0.4, -0.2) is 59.2 Å². The number of hydrogen-bond donors (Lipinski definition) is 2. The first-order valence-corrected chi connectivity index (χ1v) is 9.12. The van der Waals surface area contributed by atoms with Crippen molar-refractivity contribution in [3.05, 3.63) is 29.3 Å². The molecule has 0 radical (unpaired) electrons. The van der Waals surface area contributed by atoms with Gasteiger partial charge in [0.25, 0.3) is 5.91 Å². The van der Waals surface area contributed by atoms with E-state index in [4.69, 9.17) is 11.6 Å². The van der Waals surface area contributed by atoms with Gasteiger partial charge in [-0.3, -0.25) is 19.3 Å². The van der Waals surface area contributed by atoms with Gasteiger partial charge in [-0.2, -0.15) is 0 Å². The molecular weight excluding hydrogens is 372 g/mol. The second kappa shape index (κ2) is 7.56. The highest BCUT2D eigenvalue weighted by Gasteiger charge is 2.52. The predicted octanol–water partition coefficient (Wildman–Crippen LogP) is 1.60. The summed E-state index contributed by atoms with van der Waals surface area (Å²) < 4.78 is 0. The monoisotopic (exact) mass is 392 g/mol. The zero-order valence-electron chi connectivity index (χ0n) is 15.0. The normalized spacial score (nSPS) is 17.9. The van der Waals surface area contributed by atoms with Gasteiger partial charge >= 0.3 is 6.03 Å². The van der Waals surface area contributed by atoms with E-state index in [-0.39, 0.29) is 19.0 Å². The van der Waals surface area contributed by atoms with Crippen molar-refractivity contribution < 1.29 is 19.2 Å². The van der Waals surface area contributed by atoms with Gasteiger partial charge in [0, 0.05) is 17.8 Å². The molecule has 27 heavy (non-hydrogen) atoms. The van der Waals surface area contributed by atoms with Gasteiger partial charge in [-0.1, -0.05) is 24.4 Å². The Labute approximate surface area is 161 Å². The van der Waals surface area contributed by atoms with Crippen molar-refractivity contribution in [3.63, 3.8) is 0 Å². The maximum absolute atomic E-state index is 12.6. The van der Waals surface area contributed by atoms with Gasteiger partial charge < -0.3 is 15.5 Å². The fourth-order valence-corrected chi connectivity index (χ4v) is 3.56. The molecule has 1 aliphatic heterocycles. The van der Waals surface area contributed by atoms with Crippen molar-refractivity contribution in [2.75, 3.05) is 25.5 Å². The van der Waals surface area contributed by atoms with Crippen LogP contribution in [0, 0.1) is 0 Å². The molecule has 1 aromatic carbocycles. The summed E-state index contributed by atoms with van der Waals surface area (Å²) in [7, 11) is 1.45. The van der Waals surface area contributed by atoms with Gasteiger partial charge in [-0.25, -0.2) is 4.79 Å². The largest absolute Gasteiger partial charge is 0.335 e. The lowest BCUT2D eigenvalue weighted by Crippen LogP contribution is -2.46. The van der Waals surface area contributed by atoms with Crippen LogP contribution in [0.2, 0.25) is 5.02 Å². The van der Waals surface area contributed by atoms with E-state index in [1.807, 2.05) is 0 Å². The van der Waals surface area contributed by atoms with Crippen LogP contribution in [0.1, 0.15) is 25.7 Å². The van der Waals surface area contributed by atoms with Gasteiger partial charge in [-0.05, 0) is 37.1 Å². The summed E-state index contributed by atoms with van der Waals surface area (Å²) in [6.07, 6.45) is 2.94. The first kappa shape index (κ1) is 19.2. The SMILES string of the molecule is CN(CC(=O)Nc1ccc(Cl)cc1)C(=O)CN1C(=O)NC2(CCCC2)C1=O. The number of benzene rings is 1. The Balaban J connectivity index is 1.54. The van der Waals surface area contributed by atoms with Gasteiger partial charge in [-0.15, -0.1) is 0 Å². The number of nitrogens with one attached hydrogen (secondary N) is 2. The standard InChI is InChI=1S/C18H21ClN4O4/c1-22(10-14(24)20-13-6-4-12(19)5-7-13)15(25)11-23-16(26)18(21-17(23)27)8-2-3-9-18/h4-7H,2-3,8-11H2,1H3,(H,20,24)(H,21,27). The summed E-state index contributed by atoms with van der Waals surface area (Å²) in [5.74, 6) is -1.23. The maximum atomic E-state index is 12.6. The lowest BCUT2D eigenvalue weighted by Gasteiger charge is -2.22. The van der Waals surface area contributed by atoms with E-state index in [0.29, 0.717) is 23.6 Å². The summed E-state index contributed by atoms with van der Waals surface area (Å²) in [6.45, 7) is -0.576. The molecule has 1 aromatic rings. The second-order valence-corrected chi connectivity index (χ2v) is 7.35. The van der Waals surface area contributed by atoms with E-state index in [2.05, 4.69) is 10.6 Å². The van der Waals surface area contributed by atoms with E-state index in [1.54, 1.807) is 24.3 Å². The zero-order valence-corrected chi connectivity index (χ0v) is 15.7. The molecule has 144 valence electrons. The van der Waals surface area contributed by atoms with E-state index < -0.39 is 23.4 Å². The van der Waals surface area contributed by atoms with Gasteiger partial charge in [0.15, 0.2) is 0 Å². The number of halogens is 1. The number of nitrogens with zero attached hydrogens (tertiary/aromatic N) is 2. The maximum Gasteiger partial charge on any atom is 0.325 e. The van der Waals surface area contributed by atoms with Crippen molar-refractivity contribution in [2.45, 2.75) is 31.2 Å². The number of hydrogen-bond acceptors (Lipinski definition) is 4. The molecule has 5 amide bonds. The van der Waals surface area contributed by atoms with E-state index in [1.165, 1.54) is 11.9 Å². The average molecular weight is 393 g/mol. The predicted molar refractivity (Wildman–Crippen MR) is 99.2 cm³/mol. The quantitative estimate of drug-likeness (QED) is 0.743. The van der Waals surface area contributed by atoms with Gasteiger partial charge in [0.1, 0.15) is 12.1 Å². The highest BCUT2D eigenvalue weighted by Crippen LogP contribution is 2.34. The molecule has 1 saturated heterocycles. The Morgan fingerprint density at radius 2 is 1.85 bits per heavy atom. The van der Waals surface area contributed by atoms with Crippen molar-refractivity contribution in [1.82, 2.24) is 15.1 Å². The minimum Gasteiger partial charge on any atom is -0.335 e. The molecule has 2 fully saturated rings. The molecule has 8 nitrogen and oxygen atoms in total. The molecule has 2 aliphatic rings. The Kier molecular flexibility index (Phi) is 5.36. The van der Waals surface area contributed by atoms with Gasteiger partial charge in [0.2, 0.25) is 11.8 Å². The third-order valence-electron chi connectivity index (χ3n) is 4.93. The number of imide groups is 1. The van der Waals surface area contributed by atoms with Crippen LogP contribution in [0.4, 0.5) is 10.5 Å². The van der Waals surface area contributed by atoms with Crippen molar-refractivity contribution in [2.24, 2.45) is 0 Å². The summed E-state index contributed by atoms with van der Waals surface area (Å²) in [5, 5.41) is 5.93. The Morgan fingerprint density at radius 3 is 2.48 bits per heavy atom.